The highest BCUT2D eigenvalue weighted by atomic mass is 16.7. The molecule has 4 rings (SSSR count). The van der Waals surface area contributed by atoms with Crippen molar-refractivity contribution in [3.63, 3.8) is 0 Å². The monoisotopic (exact) mass is 478 g/mol. The van der Waals surface area contributed by atoms with Crippen molar-refractivity contribution in [2.45, 2.75) is 89.8 Å². The van der Waals surface area contributed by atoms with Crippen LogP contribution in [0.5, 0.6) is 0 Å². The Balaban J connectivity index is 1.24. The second kappa shape index (κ2) is 13.2. The molecule has 0 radical (unpaired) electrons. The highest BCUT2D eigenvalue weighted by Crippen LogP contribution is 2.38. The fraction of sp³-hybridized carbons (Fsp3) is 0.581. The van der Waals surface area contributed by atoms with Crippen LogP contribution < -0.4 is 0 Å². The lowest BCUT2D eigenvalue weighted by atomic mass is 9.77. The van der Waals surface area contributed by atoms with E-state index in [1.54, 1.807) is 12.1 Å². The maximum Gasteiger partial charge on any atom is 0.338 e. The third-order valence-corrected chi connectivity index (χ3v) is 7.72. The molecule has 2 aromatic rings. The quantitative estimate of drug-likeness (QED) is 0.257. The predicted molar refractivity (Wildman–Crippen MR) is 140 cm³/mol. The van der Waals surface area contributed by atoms with Crippen molar-refractivity contribution >= 4 is 5.97 Å². The van der Waals surface area contributed by atoms with Gasteiger partial charge in [0.1, 0.15) is 0 Å². The van der Waals surface area contributed by atoms with Crippen LogP contribution in [0.2, 0.25) is 0 Å². The lowest BCUT2D eigenvalue weighted by Crippen LogP contribution is -2.25. The van der Waals surface area contributed by atoms with E-state index in [2.05, 4.69) is 38.1 Å². The summed E-state index contributed by atoms with van der Waals surface area (Å²) in [6.45, 7) is 6.18. The predicted octanol–water partition coefficient (Wildman–Crippen LogP) is 7.94. The van der Waals surface area contributed by atoms with E-state index < -0.39 is 6.29 Å². The summed E-state index contributed by atoms with van der Waals surface area (Å²) in [5.41, 5.74) is 4.27. The Bertz CT molecular complexity index is 889. The fourth-order valence-electron chi connectivity index (χ4n) is 5.50. The lowest BCUT2D eigenvalue weighted by molar-refractivity contribution is -0.191. The fourth-order valence-corrected chi connectivity index (χ4v) is 5.50. The van der Waals surface area contributed by atoms with E-state index in [0.29, 0.717) is 25.4 Å². The SMILES string of the molecule is CCCCCOC(=O)c1ccc(C2OCC(c3ccc([C@H]4CC[C@H](CCC)CC4)cc3)CO2)cc1. The van der Waals surface area contributed by atoms with E-state index in [4.69, 9.17) is 14.2 Å². The van der Waals surface area contributed by atoms with Crippen molar-refractivity contribution in [1.29, 1.82) is 0 Å². The Morgan fingerprint density at radius 1 is 0.771 bits per heavy atom. The molecule has 2 fully saturated rings. The van der Waals surface area contributed by atoms with E-state index in [1.807, 2.05) is 12.1 Å². The zero-order valence-electron chi connectivity index (χ0n) is 21.5. The molecule has 190 valence electrons. The van der Waals surface area contributed by atoms with Gasteiger partial charge < -0.3 is 14.2 Å². The zero-order valence-corrected chi connectivity index (χ0v) is 21.5. The summed E-state index contributed by atoms with van der Waals surface area (Å²) in [6.07, 6.45) is 10.8. The van der Waals surface area contributed by atoms with E-state index in [-0.39, 0.29) is 11.9 Å². The molecule has 0 bridgehead atoms. The third kappa shape index (κ3) is 7.17. The molecule has 4 nitrogen and oxygen atoms in total. The van der Waals surface area contributed by atoms with Crippen LogP contribution >= 0.6 is 0 Å². The van der Waals surface area contributed by atoms with Crippen molar-refractivity contribution in [3.8, 4) is 0 Å². The van der Waals surface area contributed by atoms with Gasteiger partial charge in [0.15, 0.2) is 6.29 Å². The van der Waals surface area contributed by atoms with Gasteiger partial charge in [0.2, 0.25) is 0 Å². The van der Waals surface area contributed by atoms with Crippen LogP contribution in [0, 0.1) is 5.92 Å². The molecule has 2 aromatic carbocycles. The molecule has 1 saturated heterocycles. The molecule has 1 aliphatic carbocycles. The smallest absolute Gasteiger partial charge is 0.338 e. The number of esters is 1. The van der Waals surface area contributed by atoms with Crippen LogP contribution in [-0.4, -0.2) is 25.8 Å². The minimum absolute atomic E-state index is 0.248. The maximum absolute atomic E-state index is 12.2. The van der Waals surface area contributed by atoms with E-state index in [1.165, 1.54) is 49.7 Å². The molecule has 0 unspecified atom stereocenters. The molecule has 1 aliphatic heterocycles. The van der Waals surface area contributed by atoms with Gasteiger partial charge in [0.25, 0.3) is 0 Å². The van der Waals surface area contributed by atoms with Gasteiger partial charge in [-0.25, -0.2) is 4.79 Å². The number of carbonyl (C=O) groups excluding carboxylic acids is 1. The first-order valence-corrected chi connectivity index (χ1v) is 13.8. The van der Waals surface area contributed by atoms with Gasteiger partial charge in [0.05, 0.1) is 25.4 Å². The number of ether oxygens (including phenoxy) is 3. The van der Waals surface area contributed by atoms with Crippen LogP contribution in [0.4, 0.5) is 0 Å². The van der Waals surface area contributed by atoms with Crippen LogP contribution in [0.25, 0.3) is 0 Å². The van der Waals surface area contributed by atoms with Crippen molar-refractivity contribution in [3.05, 3.63) is 70.8 Å². The van der Waals surface area contributed by atoms with E-state index in [9.17, 15) is 4.79 Å². The molecule has 4 heteroatoms. The summed E-state index contributed by atoms with van der Waals surface area (Å²) in [5.74, 6) is 1.64. The van der Waals surface area contributed by atoms with E-state index >= 15 is 0 Å². The van der Waals surface area contributed by atoms with Gasteiger partial charge in [-0.1, -0.05) is 75.9 Å². The van der Waals surface area contributed by atoms with Crippen LogP contribution in [0.15, 0.2) is 48.5 Å². The Kier molecular flexibility index (Phi) is 9.79. The topological polar surface area (TPSA) is 44.8 Å². The van der Waals surface area contributed by atoms with Gasteiger partial charge >= 0.3 is 5.97 Å². The summed E-state index contributed by atoms with van der Waals surface area (Å²) < 4.78 is 17.5. The second-order valence-corrected chi connectivity index (χ2v) is 10.3. The Morgan fingerprint density at radius 2 is 1.37 bits per heavy atom. The molecule has 0 spiro atoms. The molecular weight excluding hydrogens is 436 g/mol. The number of carbonyl (C=O) groups is 1. The summed E-state index contributed by atoms with van der Waals surface area (Å²) in [7, 11) is 0. The van der Waals surface area contributed by atoms with Gasteiger partial charge in [-0.2, -0.15) is 0 Å². The lowest BCUT2D eigenvalue weighted by Gasteiger charge is -2.31. The van der Waals surface area contributed by atoms with Crippen LogP contribution in [0.3, 0.4) is 0 Å². The van der Waals surface area contributed by atoms with Crippen molar-refractivity contribution in [2.75, 3.05) is 19.8 Å². The zero-order chi connectivity index (χ0) is 24.5. The van der Waals surface area contributed by atoms with Gasteiger partial charge in [-0.3, -0.25) is 0 Å². The summed E-state index contributed by atoms with van der Waals surface area (Å²) in [6, 6.07) is 16.6. The molecule has 0 amide bonds. The molecular formula is C31H42O4. The first kappa shape index (κ1) is 25.9. The van der Waals surface area contributed by atoms with E-state index in [0.717, 1.165) is 36.7 Å². The number of hydrogen-bond acceptors (Lipinski definition) is 4. The Hall–Kier alpha value is -2.17. The third-order valence-electron chi connectivity index (χ3n) is 7.72. The van der Waals surface area contributed by atoms with Crippen LogP contribution in [0.1, 0.15) is 117 Å². The van der Waals surface area contributed by atoms with Crippen LogP contribution in [-0.2, 0) is 14.2 Å². The first-order chi connectivity index (χ1) is 17.2. The Morgan fingerprint density at radius 3 is 1.97 bits per heavy atom. The largest absolute Gasteiger partial charge is 0.462 e. The van der Waals surface area contributed by atoms with Gasteiger partial charge in [-0.15, -0.1) is 0 Å². The molecule has 2 aliphatic rings. The summed E-state index contributed by atoms with van der Waals surface area (Å²) >= 11 is 0. The van der Waals surface area contributed by atoms with Crippen molar-refractivity contribution < 1.29 is 19.0 Å². The number of benzene rings is 2. The summed E-state index contributed by atoms with van der Waals surface area (Å²) in [4.78, 5) is 12.2. The molecule has 1 saturated carbocycles. The highest BCUT2D eigenvalue weighted by molar-refractivity contribution is 5.89. The highest BCUT2D eigenvalue weighted by Gasteiger charge is 2.26. The Labute approximate surface area is 211 Å². The number of rotatable bonds is 10. The normalized spacial score (nSPS) is 24.7. The van der Waals surface area contributed by atoms with Gasteiger partial charge in [-0.05, 0) is 67.2 Å². The first-order valence-electron chi connectivity index (χ1n) is 13.8. The minimum atomic E-state index is -0.390. The van der Waals surface area contributed by atoms with Crippen molar-refractivity contribution in [1.82, 2.24) is 0 Å². The maximum atomic E-state index is 12.2. The summed E-state index contributed by atoms with van der Waals surface area (Å²) in [5, 5.41) is 0. The average Bonchev–Trinajstić information content (AvgIpc) is 2.92. The average molecular weight is 479 g/mol. The standard InChI is InChI=1S/C31H42O4/c1-3-5-6-20-33-30(32)27-16-18-28(19-17-27)31-34-21-29(22-35-31)26-14-12-25(13-15-26)24-10-8-23(7-4-2)9-11-24/h12-19,23-24,29,31H,3-11,20-22H2,1-2H3/t23-,24-,29?,31?. The molecule has 0 N–H and O–H groups in total. The number of hydrogen-bond donors (Lipinski definition) is 0. The molecule has 35 heavy (non-hydrogen) atoms. The van der Waals surface area contributed by atoms with Crippen molar-refractivity contribution in [2.24, 2.45) is 5.92 Å². The molecule has 0 aromatic heterocycles. The second-order valence-electron chi connectivity index (χ2n) is 10.3. The minimum Gasteiger partial charge on any atom is -0.462 e. The molecule has 0 atom stereocenters. The molecule has 1 heterocycles. The van der Waals surface area contributed by atoms with Gasteiger partial charge in [0, 0.05) is 11.5 Å². The number of unbranched alkanes of at least 4 members (excludes halogenated alkanes) is 2.